The molecule has 8 amide bonds. The number of amides is 8. The summed E-state index contributed by atoms with van der Waals surface area (Å²) in [5.74, 6) is -6.18. The number of unbranched alkanes of at least 4 members (excludes halogenated alkanes) is 1. The molecular weight excluding hydrogens is 1310 g/mol. The zero-order valence-corrected chi connectivity index (χ0v) is 56.0. The highest BCUT2D eigenvalue weighted by Crippen LogP contribution is 2.49. The van der Waals surface area contributed by atoms with Crippen molar-refractivity contribution in [3.8, 4) is 11.5 Å². The van der Waals surface area contributed by atoms with Crippen LogP contribution in [-0.2, 0) is 58.9 Å². The summed E-state index contributed by atoms with van der Waals surface area (Å²) in [5.41, 5.74) is 3.53. The number of anilines is 2. The molecule has 1 unspecified atom stereocenters. The normalized spacial score (nSPS) is 24.2. The van der Waals surface area contributed by atoms with Crippen LogP contribution < -0.4 is 42.0 Å². The number of hydrogen-bond donors (Lipinski definition) is 8. The Kier molecular flexibility index (Phi) is 27.1. The van der Waals surface area contributed by atoms with E-state index in [-0.39, 0.29) is 66.5 Å². The fourth-order valence-electron chi connectivity index (χ4n) is 10.4. The molecule has 89 heavy (non-hydrogen) atoms. The number of aliphatic hydroxyl groups is 1. The van der Waals surface area contributed by atoms with Crippen LogP contribution in [-0.4, -0.2) is 174 Å². The molecule has 5 rings (SSSR count). The van der Waals surface area contributed by atoms with E-state index in [0.717, 1.165) is 22.1 Å². The fraction of sp³-hybridized carbons (Fsp3) is 0.590. The van der Waals surface area contributed by atoms with Crippen LogP contribution in [0.4, 0.5) is 21.0 Å². The van der Waals surface area contributed by atoms with Crippen LogP contribution in [0.1, 0.15) is 116 Å². The molecule has 9 N–H and O–H groups in total. The maximum atomic E-state index is 14.5. The third-order valence-corrected chi connectivity index (χ3v) is 18.1. The van der Waals surface area contributed by atoms with Gasteiger partial charge in [0.1, 0.15) is 58.6 Å². The largest absolute Gasteiger partial charge is 0.506 e. The first kappa shape index (κ1) is 73.2. The van der Waals surface area contributed by atoms with Gasteiger partial charge in [-0.3, -0.25) is 34.1 Å². The number of allylic oxidation sites excluding steroid dienone is 3. The lowest BCUT2D eigenvalue weighted by atomic mass is 9.83. The monoisotopic (exact) mass is 1390 g/mol. The molecule has 2 saturated heterocycles. The van der Waals surface area contributed by atoms with Gasteiger partial charge in [-0.25, -0.2) is 14.4 Å². The van der Waals surface area contributed by atoms with Crippen LogP contribution in [0, 0.1) is 17.8 Å². The Hall–Kier alpha value is -6.52. The average Bonchev–Trinajstić information content (AvgIpc) is 1.59. The second-order valence-electron chi connectivity index (χ2n) is 23.3. The van der Waals surface area contributed by atoms with Gasteiger partial charge in [-0.2, -0.15) is 0 Å². The summed E-state index contributed by atoms with van der Waals surface area (Å²) in [6.45, 7) is 11.9. The van der Waals surface area contributed by atoms with Crippen molar-refractivity contribution in [1.82, 2.24) is 26.2 Å². The number of nitrogens with zero attached hydrogens (tertiary/aromatic N) is 2. The van der Waals surface area contributed by atoms with E-state index in [9.17, 15) is 53.4 Å². The van der Waals surface area contributed by atoms with Gasteiger partial charge in [0, 0.05) is 62.7 Å². The number of ether oxygens (including phenoxy) is 6. The van der Waals surface area contributed by atoms with Gasteiger partial charge >= 0.3 is 24.1 Å². The number of rotatable bonds is 25. The van der Waals surface area contributed by atoms with Crippen LogP contribution in [0.25, 0.3) is 0 Å². The summed E-state index contributed by atoms with van der Waals surface area (Å²) < 4.78 is 35.0. The molecule has 0 saturated carbocycles. The number of fused-ring (bicyclic) bond motifs is 5. The lowest BCUT2D eigenvalue weighted by Crippen LogP contribution is -2.63. The molecule has 0 aromatic heterocycles. The average molecular weight is 1400 g/mol. The summed E-state index contributed by atoms with van der Waals surface area (Å²) in [6, 6.07) is 2.60. The number of halogens is 3. The molecule has 3 aliphatic rings. The molecule has 492 valence electrons. The first-order valence-corrected chi connectivity index (χ1v) is 32.0. The summed E-state index contributed by atoms with van der Waals surface area (Å²) in [4.78, 5) is 123. The summed E-state index contributed by atoms with van der Waals surface area (Å²) in [5, 5.41) is 37.2. The van der Waals surface area contributed by atoms with Crippen LogP contribution in [0.2, 0.25) is 5.02 Å². The molecule has 3 heterocycles. The number of nitrogens with two attached hydrogens (primary N) is 1. The van der Waals surface area contributed by atoms with E-state index in [1.54, 1.807) is 58.9 Å². The maximum Gasteiger partial charge on any atom is 0.409 e. The van der Waals surface area contributed by atoms with E-state index >= 15 is 0 Å². The van der Waals surface area contributed by atoms with Crippen molar-refractivity contribution in [1.29, 1.82) is 0 Å². The van der Waals surface area contributed by atoms with Crippen molar-refractivity contribution >= 4 is 108 Å². The summed E-state index contributed by atoms with van der Waals surface area (Å²) >= 11 is 13.4. The van der Waals surface area contributed by atoms with E-state index in [1.165, 1.54) is 52.3 Å². The highest BCUT2D eigenvalue weighted by Gasteiger charge is 2.64. The number of phenols is 1. The van der Waals surface area contributed by atoms with Crippen molar-refractivity contribution in [3.05, 3.63) is 70.3 Å². The molecule has 2 fully saturated rings. The number of hydrogen-bond acceptors (Lipinski definition) is 17. The van der Waals surface area contributed by atoms with Gasteiger partial charge in [0.05, 0.1) is 43.0 Å². The zero-order chi connectivity index (χ0) is 66.2. The first-order chi connectivity index (χ1) is 41.9. The number of benzene rings is 2. The minimum atomic E-state index is -1.93. The maximum absolute atomic E-state index is 14.5. The second-order valence-corrected chi connectivity index (χ2v) is 25.0. The van der Waals surface area contributed by atoms with Gasteiger partial charge < -0.3 is 75.4 Å². The fourth-order valence-corrected chi connectivity index (χ4v) is 12.4. The standard InChI is InChI=1S/C61H85Br2ClN8O17/c1-32(2)51(69-48(74)20-13-12-17-34(4)86-57(80)39(30-62)31-63)54(77)68-41(18-15-23-66-58(65)81)53(76)67-40-22-21-38(27-43(40)73)55(78)71(8)36(6)56(79)88-47-28-49(75)72(9)42-25-37(26-44(84-10)50(42)64)24-33(3)16-14-19-46(85-11)61(83)29-45(87-59(82)70-61)35(5)52-60(47,7)89-52/h14,16,19,21-22,25-27,32,34-36,39,41,45-47,51-52,73,83H,12-13,15,17-18,20,23-24,28-31H2,1-11H3,(H,67,76)(H,68,77)(H,69,74)(H,70,82)(H3,65,66,81)/b19-14+,33-16+/t34?,35-,36+,41+,45+,46-,47+,51+,52+,60+,61+/m1/s1. The zero-order valence-electron chi connectivity index (χ0n) is 52.1. The number of likely N-dealkylation sites (N-methyl/N-ethyl adjacent to an activating group) is 1. The smallest absolute Gasteiger partial charge is 0.409 e. The van der Waals surface area contributed by atoms with Crippen molar-refractivity contribution in [3.63, 3.8) is 0 Å². The highest BCUT2D eigenvalue weighted by molar-refractivity contribution is 9.09. The van der Waals surface area contributed by atoms with Crippen LogP contribution in [0.5, 0.6) is 11.5 Å². The van der Waals surface area contributed by atoms with Crippen LogP contribution >= 0.6 is 43.5 Å². The number of phenolic OH excluding ortho intramolecular Hbond substituents is 1. The number of aromatic hydroxyl groups is 1. The first-order valence-electron chi connectivity index (χ1n) is 29.4. The van der Waals surface area contributed by atoms with E-state index in [4.69, 9.17) is 45.8 Å². The van der Waals surface area contributed by atoms with Gasteiger partial charge in [-0.15, -0.1) is 0 Å². The second kappa shape index (κ2) is 33.0. The van der Waals surface area contributed by atoms with Gasteiger partial charge in [0.25, 0.3) is 5.91 Å². The molecular formula is C61H85Br2ClN8O17. The number of primary amides is 1. The van der Waals surface area contributed by atoms with Crippen molar-refractivity contribution in [2.75, 3.05) is 55.7 Å². The van der Waals surface area contributed by atoms with E-state index in [0.29, 0.717) is 47.8 Å². The molecule has 4 bridgehead atoms. The predicted octanol–water partition coefficient (Wildman–Crippen LogP) is 6.44. The van der Waals surface area contributed by atoms with E-state index in [2.05, 4.69) is 58.4 Å². The molecule has 25 nitrogen and oxygen atoms in total. The summed E-state index contributed by atoms with van der Waals surface area (Å²) in [6.07, 6.45) is 1.20. The number of carbonyl (C=O) groups excluding carboxylic acids is 9. The third kappa shape index (κ3) is 19.7. The van der Waals surface area contributed by atoms with E-state index < -0.39 is 126 Å². The molecule has 3 aliphatic heterocycles. The van der Waals surface area contributed by atoms with Crippen LogP contribution in [0.3, 0.4) is 0 Å². The number of esters is 2. The van der Waals surface area contributed by atoms with Crippen LogP contribution in [0.15, 0.2) is 54.1 Å². The Morgan fingerprint density at radius 1 is 0.978 bits per heavy atom. The third-order valence-electron chi connectivity index (χ3n) is 16.1. The Bertz CT molecular complexity index is 2970. The number of alkyl carbamates (subject to hydrolysis) is 1. The number of epoxide rings is 1. The number of nitrogens with one attached hydrogen (secondary N) is 5. The minimum Gasteiger partial charge on any atom is -0.506 e. The lowest BCUT2D eigenvalue weighted by Gasteiger charge is -2.42. The molecule has 2 aromatic carbocycles. The molecule has 0 radical (unpaired) electrons. The Morgan fingerprint density at radius 3 is 2.30 bits per heavy atom. The number of alkyl halides is 2. The Morgan fingerprint density at radius 2 is 1.67 bits per heavy atom. The SMILES string of the molecule is COc1cc2cc(c1Cl)N(C)C(=O)C[C@H](OC(=O)[C@H](C)N(C)C(=O)c1ccc(NC(=O)[C@H](CCCNC(N)=O)NC(=O)[C@@H](NC(=O)CCCCC(C)OC(=O)C(CBr)CBr)C(C)C)c(O)c1)[C@]1(C)O[C@H]1[C@H](C)[C@@H]1C[C@@](O)(NC(=O)O1)[C@H](OC)/C=C/C=C(\C)C2. The van der Waals surface area contributed by atoms with Crippen molar-refractivity contribution in [2.24, 2.45) is 23.5 Å². The number of carbonyl (C=O) groups is 9. The van der Waals surface area contributed by atoms with Gasteiger partial charge in [-0.05, 0) is 108 Å². The topological polar surface area (TPSA) is 345 Å². The van der Waals surface area contributed by atoms with Crippen molar-refractivity contribution < 1.29 is 81.8 Å². The molecule has 0 spiro atoms. The molecule has 0 aliphatic carbocycles. The quantitative estimate of drug-likeness (QED) is 0.0132. The van der Waals surface area contributed by atoms with Gasteiger partial charge in [-0.1, -0.05) is 88.0 Å². The molecule has 2 aromatic rings. The van der Waals surface area contributed by atoms with Crippen molar-refractivity contribution in [2.45, 2.75) is 166 Å². The van der Waals surface area contributed by atoms with E-state index in [1.807, 2.05) is 13.0 Å². The molecule has 11 atom stereocenters. The lowest BCUT2D eigenvalue weighted by molar-refractivity contribution is -0.158. The Balaban J connectivity index is 1.32. The Labute approximate surface area is 540 Å². The highest BCUT2D eigenvalue weighted by atomic mass is 79.9. The van der Waals surface area contributed by atoms with Gasteiger partial charge in [0.2, 0.25) is 23.6 Å². The minimum absolute atomic E-state index is 0.0291. The summed E-state index contributed by atoms with van der Waals surface area (Å²) in [7, 11) is 5.67. The predicted molar refractivity (Wildman–Crippen MR) is 338 cm³/mol. The van der Waals surface area contributed by atoms with Gasteiger partial charge in [0.15, 0.2) is 5.72 Å². The number of methoxy groups -OCH3 is 2. The number of urea groups is 1. The molecule has 28 heteroatoms.